The molecule has 0 atom stereocenters. The van der Waals surface area contributed by atoms with Crippen LogP contribution in [0.2, 0.25) is 0 Å². The van der Waals surface area contributed by atoms with Crippen molar-refractivity contribution in [3.63, 3.8) is 0 Å². The van der Waals surface area contributed by atoms with Crippen LogP contribution in [-0.4, -0.2) is 11.9 Å². The first-order valence-corrected chi connectivity index (χ1v) is 17.1. The summed E-state index contributed by atoms with van der Waals surface area (Å²) in [6, 6.07) is 14.3. The molecule has 4 nitrogen and oxygen atoms in total. The van der Waals surface area contributed by atoms with Gasteiger partial charge in [0, 0.05) is 0 Å². The Balaban J connectivity index is 0.000000802. The zero-order chi connectivity index (χ0) is 30.7. The Morgan fingerprint density at radius 1 is 0.465 bits per heavy atom. The molecule has 0 aromatic heterocycles. The predicted molar refractivity (Wildman–Crippen MR) is 173 cm³/mol. The van der Waals surface area contributed by atoms with Crippen molar-refractivity contribution in [3.8, 4) is 0 Å². The quantitative estimate of drug-likeness (QED) is 0.0844. The van der Waals surface area contributed by atoms with E-state index in [1.165, 1.54) is 116 Å². The molecule has 0 N–H and O–H groups in total. The van der Waals surface area contributed by atoms with Crippen molar-refractivity contribution >= 4 is 11.9 Å². The summed E-state index contributed by atoms with van der Waals surface area (Å²) >= 11 is 0. The van der Waals surface area contributed by atoms with E-state index in [-0.39, 0.29) is 19.5 Å². The number of unbranched alkanes of at least 4 members (excludes halogenated alkanes) is 18. The van der Waals surface area contributed by atoms with Gasteiger partial charge in [-0.3, -0.25) is 0 Å². The minimum Gasteiger partial charge on any atom is -0.545 e. The summed E-state index contributed by atoms with van der Waals surface area (Å²) in [5.41, 5.74) is 2.80. The third-order valence-electron chi connectivity index (χ3n) is 7.96. The van der Waals surface area contributed by atoms with Crippen LogP contribution >= 0.6 is 0 Å². The van der Waals surface area contributed by atoms with Crippen molar-refractivity contribution in [3.05, 3.63) is 70.8 Å². The van der Waals surface area contributed by atoms with Gasteiger partial charge in [0.05, 0.1) is 11.9 Å². The van der Waals surface area contributed by atoms with Gasteiger partial charge in [-0.25, -0.2) is 0 Å². The van der Waals surface area contributed by atoms with Gasteiger partial charge in [0.2, 0.25) is 0 Å². The van der Waals surface area contributed by atoms with E-state index in [1.54, 1.807) is 36.4 Å². The Labute approximate surface area is 276 Å². The zero-order valence-electron chi connectivity index (χ0n) is 27.5. The molecule has 0 heterocycles. The standard InChI is InChI=1S/2C19H30O2.Zn/c2*1-2-3-4-5-6-7-8-9-10-11-13-17-14-12-15-18(16-17)19(20)21;/h2*12,14-16H,2-11,13H2,1H3,(H,20,21);/q;;+2/p-2. The van der Waals surface area contributed by atoms with Gasteiger partial charge in [-0.05, 0) is 60.1 Å². The summed E-state index contributed by atoms with van der Waals surface area (Å²) in [5, 5.41) is 21.6. The van der Waals surface area contributed by atoms with Crippen LogP contribution in [0.3, 0.4) is 0 Å². The summed E-state index contributed by atoms with van der Waals surface area (Å²) in [6.45, 7) is 4.51. The summed E-state index contributed by atoms with van der Waals surface area (Å²) < 4.78 is 0. The topological polar surface area (TPSA) is 80.3 Å². The smallest absolute Gasteiger partial charge is 0.545 e. The van der Waals surface area contributed by atoms with Crippen LogP contribution in [0.4, 0.5) is 0 Å². The molecule has 2 aromatic rings. The maximum atomic E-state index is 10.8. The number of benzene rings is 2. The number of aryl methyl sites for hydroxylation is 2. The Hall–Kier alpha value is -2.00. The van der Waals surface area contributed by atoms with Crippen LogP contribution in [0.15, 0.2) is 48.5 Å². The second-order valence-electron chi connectivity index (χ2n) is 11.8. The Kier molecular flexibility index (Phi) is 27.4. The number of carboxylic acids is 2. The van der Waals surface area contributed by atoms with Crippen molar-refractivity contribution in [1.82, 2.24) is 0 Å². The van der Waals surface area contributed by atoms with E-state index in [1.807, 2.05) is 12.1 Å². The molecule has 0 unspecified atom stereocenters. The summed E-state index contributed by atoms with van der Waals surface area (Å²) in [4.78, 5) is 21.6. The first-order valence-electron chi connectivity index (χ1n) is 17.1. The fourth-order valence-electron chi connectivity index (χ4n) is 5.34. The van der Waals surface area contributed by atoms with Crippen molar-refractivity contribution in [2.24, 2.45) is 0 Å². The molecule has 5 heteroatoms. The van der Waals surface area contributed by atoms with Gasteiger partial charge >= 0.3 is 19.5 Å². The molecule has 0 fully saturated rings. The van der Waals surface area contributed by atoms with E-state index in [2.05, 4.69) is 13.8 Å². The molecule has 0 aliphatic rings. The first-order chi connectivity index (χ1) is 20.5. The predicted octanol–water partition coefficient (Wildman–Crippen LogP) is 9.02. The minimum atomic E-state index is -1.08. The molecule has 0 saturated heterocycles. The largest absolute Gasteiger partial charge is 2.00 e. The van der Waals surface area contributed by atoms with E-state index in [0.717, 1.165) is 36.8 Å². The van der Waals surface area contributed by atoms with Gasteiger partial charge < -0.3 is 19.8 Å². The van der Waals surface area contributed by atoms with Gasteiger partial charge in [-0.2, -0.15) is 0 Å². The van der Waals surface area contributed by atoms with Gasteiger partial charge in [0.15, 0.2) is 0 Å². The number of rotatable bonds is 24. The van der Waals surface area contributed by atoms with Crippen molar-refractivity contribution < 1.29 is 39.3 Å². The average molecular weight is 644 g/mol. The van der Waals surface area contributed by atoms with Gasteiger partial charge in [-0.15, -0.1) is 0 Å². The Morgan fingerprint density at radius 3 is 1.02 bits per heavy atom. The Morgan fingerprint density at radius 2 is 0.744 bits per heavy atom. The fraction of sp³-hybridized carbons (Fsp3) is 0.632. The van der Waals surface area contributed by atoms with Crippen molar-refractivity contribution in [2.75, 3.05) is 0 Å². The van der Waals surface area contributed by atoms with E-state index in [4.69, 9.17) is 0 Å². The molecule has 2 aromatic carbocycles. The number of carboxylic acid groups (broad SMARTS) is 2. The normalized spacial score (nSPS) is 10.5. The molecule has 0 amide bonds. The van der Waals surface area contributed by atoms with Crippen LogP contribution in [0, 0.1) is 0 Å². The van der Waals surface area contributed by atoms with Crippen LogP contribution < -0.4 is 10.2 Å². The van der Waals surface area contributed by atoms with Crippen molar-refractivity contribution in [1.29, 1.82) is 0 Å². The fourth-order valence-corrected chi connectivity index (χ4v) is 5.34. The van der Waals surface area contributed by atoms with Gasteiger partial charge in [0.1, 0.15) is 0 Å². The number of carbonyl (C=O) groups excluding carboxylic acids is 2. The van der Waals surface area contributed by atoms with Crippen molar-refractivity contribution in [2.45, 2.75) is 155 Å². The average Bonchev–Trinajstić information content (AvgIpc) is 2.99. The molecule has 0 spiro atoms. The molecule has 0 bridgehead atoms. The molecule has 0 aliphatic carbocycles. The second-order valence-corrected chi connectivity index (χ2v) is 11.8. The van der Waals surface area contributed by atoms with E-state index >= 15 is 0 Å². The number of hydrogen-bond donors (Lipinski definition) is 0. The van der Waals surface area contributed by atoms with Crippen LogP contribution in [0.25, 0.3) is 0 Å². The maximum Gasteiger partial charge on any atom is 2.00 e. The molecular weight excluding hydrogens is 586 g/mol. The van der Waals surface area contributed by atoms with Gasteiger partial charge in [0.25, 0.3) is 0 Å². The number of hydrogen-bond acceptors (Lipinski definition) is 4. The van der Waals surface area contributed by atoms with Gasteiger partial charge in [-0.1, -0.05) is 166 Å². The minimum absolute atomic E-state index is 0. The van der Waals surface area contributed by atoms with E-state index < -0.39 is 11.9 Å². The molecular formula is C38H58O4Zn. The summed E-state index contributed by atoms with van der Waals surface area (Å²) in [7, 11) is 0. The molecule has 0 radical (unpaired) electrons. The molecule has 2 rings (SSSR count). The summed E-state index contributed by atoms with van der Waals surface area (Å²) in [6.07, 6.45) is 28.5. The Bertz CT molecular complexity index is 881. The second kappa shape index (κ2) is 28.8. The monoisotopic (exact) mass is 642 g/mol. The maximum absolute atomic E-state index is 10.8. The third kappa shape index (κ3) is 23.1. The van der Waals surface area contributed by atoms with E-state index in [9.17, 15) is 19.8 Å². The zero-order valence-corrected chi connectivity index (χ0v) is 30.5. The summed E-state index contributed by atoms with van der Waals surface area (Å²) in [5.74, 6) is -2.17. The number of aromatic carboxylic acids is 2. The number of carbonyl (C=O) groups is 2. The first kappa shape index (κ1) is 41.0. The molecule has 236 valence electrons. The third-order valence-corrected chi connectivity index (χ3v) is 7.96. The van der Waals surface area contributed by atoms with Crippen LogP contribution in [0.1, 0.15) is 174 Å². The molecule has 43 heavy (non-hydrogen) atoms. The SMILES string of the molecule is CCCCCCCCCCCCc1cccc(C(=O)[O-])c1.CCCCCCCCCCCCc1cccc(C(=O)[O-])c1.[Zn+2]. The van der Waals surface area contributed by atoms with Crippen LogP contribution in [-0.2, 0) is 32.3 Å². The molecule has 0 saturated carbocycles. The molecule has 0 aliphatic heterocycles. The van der Waals surface area contributed by atoms with Crippen LogP contribution in [0.5, 0.6) is 0 Å². The van der Waals surface area contributed by atoms with E-state index in [0.29, 0.717) is 11.1 Å².